The molecule has 0 aliphatic rings. The van der Waals surface area contributed by atoms with Crippen LogP contribution in [0.2, 0.25) is 0 Å². The van der Waals surface area contributed by atoms with E-state index in [2.05, 4.69) is 14.8 Å². The molecular weight excluding hydrogens is 204 g/mol. The first-order valence-corrected chi connectivity index (χ1v) is 3.96. The van der Waals surface area contributed by atoms with E-state index in [0.29, 0.717) is 0 Å². The molecule has 2 aromatic heterocycles. The number of fused-ring (bicyclic) bond motifs is 1. The van der Waals surface area contributed by atoms with E-state index < -0.39 is 17.2 Å². The van der Waals surface area contributed by atoms with Crippen molar-refractivity contribution in [3.63, 3.8) is 0 Å². The Balaban J connectivity index is 2.74. The molecule has 2 N–H and O–H groups in total. The van der Waals surface area contributed by atoms with Crippen molar-refractivity contribution in [2.75, 3.05) is 0 Å². The molecule has 2 aromatic rings. The Morgan fingerprint density at radius 1 is 1.47 bits per heavy atom. The lowest BCUT2D eigenvalue weighted by atomic mass is 10.5. The van der Waals surface area contributed by atoms with Crippen LogP contribution in [0.15, 0.2) is 15.9 Å². The third-order valence-electron chi connectivity index (χ3n) is 1.64. The summed E-state index contributed by atoms with van der Waals surface area (Å²) in [5.74, 6) is -0.588. The molecule has 0 atom stereocenters. The third-order valence-corrected chi connectivity index (χ3v) is 1.64. The Morgan fingerprint density at radius 3 is 2.87 bits per heavy atom. The number of H-pyrrole nitrogens is 2. The van der Waals surface area contributed by atoms with Crippen molar-refractivity contribution in [3.8, 4) is 0 Å². The smallest absolute Gasteiger partial charge is 0.330 e. The van der Waals surface area contributed by atoms with Crippen LogP contribution in [0.25, 0.3) is 11.2 Å². The van der Waals surface area contributed by atoms with Gasteiger partial charge >= 0.3 is 11.7 Å². The predicted octanol–water partition coefficient (Wildman–Crippen LogP) is -1.61. The maximum atomic E-state index is 11.2. The van der Waals surface area contributed by atoms with Crippen LogP contribution in [0.1, 0.15) is 6.92 Å². The van der Waals surface area contributed by atoms with E-state index in [4.69, 9.17) is 0 Å². The van der Waals surface area contributed by atoms with E-state index >= 15 is 0 Å². The molecule has 0 saturated heterocycles. The number of hydrogen-bond acceptors (Lipinski definition) is 5. The van der Waals surface area contributed by atoms with Crippen molar-refractivity contribution in [1.82, 2.24) is 19.7 Å². The SMILES string of the molecule is CC(=O)On1cnc2c(=O)[nH]c(=O)[nH]c21. The van der Waals surface area contributed by atoms with Crippen molar-refractivity contribution in [2.45, 2.75) is 6.92 Å². The number of nitrogens with one attached hydrogen (secondary N) is 2. The van der Waals surface area contributed by atoms with Crippen molar-refractivity contribution in [3.05, 3.63) is 27.2 Å². The highest BCUT2D eigenvalue weighted by atomic mass is 16.7. The Labute approximate surface area is 81.5 Å². The Bertz CT molecular complexity index is 634. The van der Waals surface area contributed by atoms with E-state index in [1.165, 1.54) is 6.92 Å². The molecule has 8 nitrogen and oxygen atoms in total. The second kappa shape index (κ2) is 3.08. The lowest BCUT2D eigenvalue weighted by molar-refractivity contribution is -0.141. The average Bonchev–Trinajstić information content (AvgIpc) is 2.48. The summed E-state index contributed by atoms with van der Waals surface area (Å²) in [4.78, 5) is 45.5. The molecule has 0 saturated carbocycles. The molecule has 0 spiro atoms. The van der Waals surface area contributed by atoms with E-state index in [9.17, 15) is 14.4 Å². The number of carbonyl (C=O) groups is 1. The van der Waals surface area contributed by atoms with Gasteiger partial charge in [0.25, 0.3) is 5.56 Å². The third kappa shape index (κ3) is 1.52. The molecule has 2 heterocycles. The van der Waals surface area contributed by atoms with E-state index in [0.717, 1.165) is 11.1 Å². The van der Waals surface area contributed by atoms with Gasteiger partial charge in [-0.1, -0.05) is 0 Å². The molecule has 15 heavy (non-hydrogen) atoms. The quantitative estimate of drug-likeness (QED) is 0.588. The topological polar surface area (TPSA) is 110 Å². The first-order chi connectivity index (χ1) is 7.08. The molecular formula is C7H6N4O4. The predicted molar refractivity (Wildman–Crippen MR) is 48.2 cm³/mol. The van der Waals surface area contributed by atoms with Crippen molar-refractivity contribution >= 4 is 17.1 Å². The summed E-state index contributed by atoms with van der Waals surface area (Å²) in [6, 6.07) is 0. The minimum absolute atomic E-state index is 0.00384. The minimum atomic E-state index is -0.693. The van der Waals surface area contributed by atoms with Gasteiger partial charge in [0.1, 0.15) is 6.33 Å². The minimum Gasteiger partial charge on any atom is -0.334 e. The Morgan fingerprint density at radius 2 is 2.20 bits per heavy atom. The van der Waals surface area contributed by atoms with E-state index in [1.54, 1.807) is 0 Å². The van der Waals surface area contributed by atoms with Crippen LogP contribution in [-0.4, -0.2) is 25.7 Å². The summed E-state index contributed by atoms with van der Waals surface area (Å²) in [5.41, 5.74) is -1.30. The fraction of sp³-hybridized carbons (Fsp3) is 0.143. The zero-order chi connectivity index (χ0) is 11.0. The van der Waals surface area contributed by atoms with Gasteiger partial charge in [0.2, 0.25) is 0 Å². The molecule has 0 aliphatic heterocycles. The van der Waals surface area contributed by atoms with Gasteiger partial charge in [0, 0.05) is 6.92 Å². The second-order valence-electron chi connectivity index (χ2n) is 2.76. The zero-order valence-corrected chi connectivity index (χ0v) is 7.60. The standard InChI is InChI=1S/C7H6N4O4/c1-3(12)15-11-2-8-4-5(11)9-7(14)10-6(4)13/h2H,1H3,(H2,9,10,13,14). The molecule has 0 fully saturated rings. The summed E-state index contributed by atoms with van der Waals surface area (Å²) >= 11 is 0. The lowest BCUT2D eigenvalue weighted by Gasteiger charge is -1.99. The summed E-state index contributed by atoms with van der Waals surface area (Å²) in [6.07, 6.45) is 1.12. The molecule has 0 bridgehead atoms. The van der Waals surface area contributed by atoms with Gasteiger partial charge in [-0.3, -0.25) is 14.8 Å². The number of aromatic amines is 2. The summed E-state index contributed by atoms with van der Waals surface area (Å²) in [7, 11) is 0. The van der Waals surface area contributed by atoms with Crippen LogP contribution in [0, 0.1) is 0 Å². The highest BCUT2D eigenvalue weighted by Gasteiger charge is 2.09. The summed E-state index contributed by atoms with van der Waals surface area (Å²) in [6.45, 7) is 1.19. The highest BCUT2D eigenvalue weighted by molar-refractivity contribution is 5.71. The monoisotopic (exact) mass is 210 g/mol. The van der Waals surface area contributed by atoms with Gasteiger partial charge in [0.05, 0.1) is 0 Å². The van der Waals surface area contributed by atoms with Gasteiger partial charge < -0.3 is 4.84 Å². The van der Waals surface area contributed by atoms with Gasteiger partial charge in [-0.25, -0.2) is 14.6 Å². The fourth-order valence-corrected chi connectivity index (χ4v) is 1.12. The molecule has 8 heteroatoms. The van der Waals surface area contributed by atoms with Gasteiger partial charge in [0.15, 0.2) is 11.2 Å². The zero-order valence-electron chi connectivity index (χ0n) is 7.60. The second-order valence-corrected chi connectivity index (χ2v) is 2.76. The number of nitrogens with zero attached hydrogens (tertiary/aromatic N) is 2. The van der Waals surface area contributed by atoms with Crippen molar-refractivity contribution in [1.29, 1.82) is 0 Å². The first-order valence-electron chi connectivity index (χ1n) is 3.96. The summed E-state index contributed by atoms with van der Waals surface area (Å²) < 4.78 is 0.925. The summed E-state index contributed by atoms with van der Waals surface area (Å²) in [5, 5.41) is 0. The number of hydrogen-bond donors (Lipinski definition) is 2. The Hall–Kier alpha value is -2.38. The average molecular weight is 210 g/mol. The van der Waals surface area contributed by atoms with Crippen LogP contribution in [0.4, 0.5) is 0 Å². The number of aromatic nitrogens is 4. The maximum absolute atomic E-state index is 11.2. The van der Waals surface area contributed by atoms with Crippen molar-refractivity contribution in [2.24, 2.45) is 0 Å². The normalized spacial score (nSPS) is 10.5. The van der Waals surface area contributed by atoms with Gasteiger partial charge in [-0.2, -0.15) is 0 Å². The largest absolute Gasteiger partial charge is 0.334 e. The van der Waals surface area contributed by atoms with E-state index in [-0.39, 0.29) is 11.2 Å². The fourth-order valence-electron chi connectivity index (χ4n) is 1.12. The van der Waals surface area contributed by atoms with Gasteiger partial charge in [-0.05, 0) is 0 Å². The molecule has 0 aromatic carbocycles. The lowest BCUT2D eigenvalue weighted by Crippen LogP contribution is -2.24. The molecule has 2 rings (SSSR count). The van der Waals surface area contributed by atoms with Crippen molar-refractivity contribution < 1.29 is 9.63 Å². The Kier molecular flexibility index (Phi) is 1.89. The first kappa shape index (κ1) is 9.19. The van der Waals surface area contributed by atoms with Crippen LogP contribution in [-0.2, 0) is 4.79 Å². The maximum Gasteiger partial charge on any atom is 0.330 e. The number of imidazole rings is 1. The van der Waals surface area contributed by atoms with Crippen LogP contribution in [0.5, 0.6) is 0 Å². The molecule has 0 aliphatic carbocycles. The molecule has 0 amide bonds. The van der Waals surface area contributed by atoms with E-state index in [1.807, 2.05) is 4.98 Å². The number of rotatable bonds is 1. The number of carbonyl (C=O) groups excluding carboxylic acids is 1. The molecule has 78 valence electrons. The van der Waals surface area contributed by atoms with Crippen LogP contribution >= 0.6 is 0 Å². The van der Waals surface area contributed by atoms with Crippen LogP contribution in [0.3, 0.4) is 0 Å². The molecule has 0 unspecified atom stereocenters. The molecule has 0 radical (unpaired) electrons. The van der Waals surface area contributed by atoms with Crippen LogP contribution < -0.4 is 16.1 Å². The highest BCUT2D eigenvalue weighted by Crippen LogP contribution is 1.99. The van der Waals surface area contributed by atoms with Gasteiger partial charge in [-0.15, -0.1) is 4.73 Å².